The predicted molar refractivity (Wildman–Crippen MR) is 341 cm³/mol. The topological polar surface area (TPSA) is 810 Å². The van der Waals surface area contributed by atoms with E-state index in [2.05, 4.69) is 20.1 Å². The second kappa shape index (κ2) is 39.6. The third-order valence-corrected chi connectivity index (χ3v) is 20.5. The second-order valence-corrected chi connectivity index (χ2v) is 29.1. The van der Waals surface area contributed by atoms with Gasteiger partial charge in [-0.15, -0.1) is 0 Å². The van der Waals surface area contributed by atoms with Gasteiger partial charge in [0.25, 0.3) is 0 Å². The summed E-state index contributed by atoms with van der Waals surface area (Å²) in [7, 11) is -5.25. The molecule has 0 spiro atoms. The summed E-state index contributed by atoms with van der Waals surface area (Å²) >= 11 is 0. The van der Waals surface area contributed by atoms with Crippen molar-refractivity contribution in [3.63, 3.8) is 0 Å². The highest BCUT2D eigenvalue weighted by molar-refractivity contribution is 7.80. The van der Waals surface area contributed by atoms with Gasteiger partial charge in [0, 0.05) is 20.8 Å². The summed E-state index contributed by atoms with van der Waals surface area (Å²) < 4.78 is 138. The second-order valence-electron chi connectivity index (χ2n) is 28.0. The molecule has 0 unspecified atom stereocenters. The first kappa shape index (κ1) is 93.0. The summed E-state index contributed by atoms with van der Waals surface area (Å²) in [6.45, 7) is -4.54. The monoisotopic (exact) mass is 1680 g/mol. The molecule has 9 saturated heterocycles. The fourth-order valence-electron chi connectivity index (χ4n) is 14.1. The Morgan fingerprint density at radius 3 is 1.25 bits per heavy atom. The van der Waals surface area contributed by atoms with E-state index in [0.29, 0.717) is 0 Å². The smallest absolute Gasteiger partial charge is 0.397 e. The molecule has 0 aromatic heterocycles. The molecule has 0 aliphatic carbocycles. The summed E-state index contributed by atoms with van der Waals surface area (Å²) in [5, 5.41) is 275. The summed E-state index contributed by atoms with van der Waals surface area (Å²) in [5.41, 5.74) is 0. The standard InChI is InChI=1S/C60H99N3O49S/c1-12-26(72)33(79)38(84)55(97-12)112-50-49(111-59-42(88)47(30(76)18(7-66)101-59)109-58-40(86)35(81)36(82)48(110-58)51(89)90)44(106-57-41(87)37(83)43(19(8-67)102-57)105-54-25(63-15(4)71)46(29(75)17(6-65)99-54)107-56-39(85)34(80)27(73)16(5-64)100-56)20(9-68)103-60(50)108-45-24(62-14(3)70)52(91)98-21(31(45)77)10-95-53-23(61-13(2)69)32(78)28(74)22(104-53)11-96-113(92,93)94/h12,16-50,52-60,64-68,72-88,91H,5-11H2,1-4H3,(H,61,69)(H,62,70)(H,63,71)(H,89,90)(H,92,93,94)/t12-,16+,17+,18+,19+,20+,21+,22+,23+,24+,25+,26+,27-,28+,29-,30-,31-,32+,33+,34-,35-,36-,37+,38-,39+,40+,41+,42+,43-,44-,45+,46+,47-,48-,49-,50+,52+,53+,54+,55-,56-,57-,58+,59-,60-/m0/s1. The average molecular weight is 1680 g/mol. The van der Waals surface area contributed by atoms with Crippen LogP contribution in [0.25, 0.3) is 0 Å². The van der Waals surface area contributed by atoms with Crippen molar-refractivity contribution in [2.45, 2.75) is 304 Å². The number of hydrogen-bond acceptors (Lipinski definition) is 47. The van der Waals surface area contributed by atoms with Gasteiger partial charge in [-0.25, -0.2) is 8.98 Å². The average Bonchev–Trinajstić information content (AvgIpc) is 0.756. The lowest BCUT2D eigenvalue weighted by Gasteiger charge is -2.53. The Kier molecular flexibility index (Phi) is 32.6. The number of ether oxygens (including phenoxy) is 17. The minimum Gasteiger partial charge on any atom is -0.479 e. The maximum Gasteiger partial charge on any atom is 0.397 e. The number of nitrogens with one attached hydrogen (secondary N) is 3. The molecule has 9 aliphatic rings. The van der Waals surface area contributed by atoms with Gasteiger partial charge in [-0.1, -0.05) is 0 Å². The molecule has 0 bridgehead atoms. The third-order valence-electron chi connectivity index (χ3n) is 20.1. The number of carbonyl (C=O) groups is 4. The number of amides is 3. The highest BCUT2D eigenvalue weighted by atomic mass is 32.3. The third kappa shape index (κ3) is 21.0. The van der Waals surface area contributed by atoms with Crippen LogP contribution in [0.2, 0.25) is 0 Å². The molecular weight excluding hydrogens is 1580 g/mol. The first-order valence-electron chi connectivity index (χ1n) is 35.1. The van der Waals surface area contributed by atoms with E-state index in [1.807, 2.05) is 0 Å². The summed E-state index contributed by atoms with van der Waals surface area (Å²) in [4.78, 5) is 50.6. The maximum absolute atomic E-state index is 13.1. The van der Waals surface area contributed by atoms with Crippen LogP contribution in [0, 0.1) is 0 Å². The lowest BCUT2D eigenvalue weighted by molar-refractivity contribution is -0.420. The first-order chi connectivity index (χ1) is 53.1. The molecular formula is C60H99N3O49S. The van der Waals surface area contributed by atoms with E-state index in [-0.39, 0.29) is 0 Å². The molecule has 9 rings (SSSR count). The Bertz CT molecular complexity index is 3180. The Hall–Kier alpha value is -3.85. The summed E-state index contributed by atoms with van der Waals surface area (Å²) in [6, 6.07) is -5.74. The summed E-state index contributed by atoms with van der Waals surface area (Å²) in [6.07, 6.45) is -93.9. The van der Waals surface area contributed by atoms with E-state index < -0.39 is 357 Å². The van der Waals surface area contributed by atoms with Crippen LogP contribution in [0.3, 0.4) is 0 Å². The number of aliphatic carboxylic acids is 1. The lowest BCUT2D eigenvalue weighted by atomic mass is 9.93. The fourth-order valence-corrected chi connectivity index (χ4v) is 14.4. The van der Waals surface area contributed by atoms with Crippen molar-refractivity contribution in [3.8, 4) is 0 Å². The molecule has 9 aliphatic heterocycles. The van der Waals surface area contributed by atoms with Crippen molar-refractivity contribution in [1.82, 2.24) is 16.0 Å². The van der Waals surface area contributed by atoms with Crippen molar-refractivity contribution in [2.75, 3.05) is 46.2 Å². The Morgan fingerprint density at radius 1 is 0.319 bits per heavy atom. The Labute approximate surface area is 637 Å². The van der Waals surface area contributed by atoms with Crippen LogP contribution in [-0.4, -0.2) is 482 Å². The molecule has 654 valence electrons. The predicted octanol–water partition coefficient (Wildman–Crippen LogP) is -19.2. The van der Waals surface area contributed by atoms with E-state index >= 15 is 0 Å². The number of rotatable bonds is 29. The minimum absolute atomic E-state index is 0.884. The molecule has 113 heavy (non-hydrogen) atoms. The first-order valence-corrected chi connectivity index (χ1v) is 36.5. The van der Waals surface area contributed by atoms with E-state index in [1.165, 1.54) is 0 Å². The van der Waals surface area contributed by atoms with Gasteiger partial charge < -0.3 is 219 Å². The van der Waals surface area contributed by atoms with E-state index in [0.717, 1.165) is 27.7 Å². The zero-order valence-electron chi connectivity index (χ0n) is 59.8. The molecule has 53 heteroatoms. The van der Waals surface area contributed by atoms with Gasteiger partial charge in [-0.05, 0) is 6.92 Å². The number of aliphatic hydroxyl groups is 23. The van der Waals surface area contributed by atoms with Crippen LogP contribution in [0.1, 0.15) is 27.7 Å². The number of carbonyl (C=O) groups excluding carboxylic acids is 3. The molecule has 45 atom stereocenters. The van der Waals surface area contributed by atoms with Crippen molar-refractivity contribution in [3.05, 3.63) is 0 Å². The van der Waals surface area contributed by atoms with Crippen molar-refractivity contribution < 1.29 is 239 Å². The van der Waals surface area contributed by atoms with E-state index in [4.69, 9.17) is 80.5 Å². The van der Waals surface area contributed by atoms with Crippen LogP contribution in [0.4, 0.5) is 0 Å². The van der Waals surface area contributed by atoms with Crippen LogP contribution in [0.5, 0.6) is 0 Å². The number of carboxylic acid groups (broad SMARTS) is 1. The molecule has 0 aromatic rings. The number of aliphatic hydroxyl groups excluding tert-OH is 23. The van der Waals surface area contributed by atoms with Crippen LogP contribution >= 0.6 is 0 Å². The molecule has 3 amide bonds. The van der Waals surface area contributed by atoms with Crippen molar-refractivity contribution in [2.24, 2.45) is 0 Å². The SMILES string of the molecule is CC(=O)N[C@@H]1[C@@H](O[C@@H]2O[C@H](CO)[C@H](O[C@@H]3O[C@H](CO)[C@H](O[C@H]4O[C@H](CO)[C@H](O)[C@H](O[C@@H]5O[C@H](CO)[C@H](O)[C@H](O)[C@H]5O)[C@H]4NC(C)=O)[C@H](O)[C@H]3O)[C@H](O[C@@H]3O[C@H](CO)[C@H](O)[C@H](O[C@@H]4O[C@H](C(=O)O)[C@@H](O)[C@H](O)[C@H]4O)[C@H]3O)[C@H]2O[C@@H]2O[C@@H](C)[C@@H](O)[C@@H](O)[C@@H]2O)[C@@H](O)[C@@H](CO[C@@H]2O[C@H](COS(=O)(=O)O)[C@@H](O)[C@H](O)[C@H]2NC(C)=O)O[C@H]1O. The normalized spacial score (nSPS) is 48.8. The van der Waals surface area contributed by atoms with E-state index in [9.17, 15) is 155 Å². The zero-order chi connectivity index (χ0) is 83.6. The van der Waals surface area contributed by atoms with Crippen molar-refractivity contribution >= 4 is 34.1 Å². The number of hydrogen-bond donors (Lipinski definition) is 28. The Balaban J connectivity index is 1.11. The molecule has 9 heterocycles. The summed E-state index contributed by atoms with van der Waals surface area (Å²) in [5.74, 6) is -4.82. The zero-order valence-corrected chi connectivity index (χ0v) is 60.6. The minimum atomic E-state index is -5.25. The lowest BCUT2D eigenvalue weighted by Crippen LogP contribution is -2.71. The molecule has 0 aromatic carbocycles. The van der Waals surface area contributed by atoms with Gasteiger partial charge in [-0.2, -0.15) is 8.42 Å². The van der Waals surface area contributed by atoms with Crippen LogP contribution < -0.4 is 16.0 Å². The fraction of sp³-hybridized carbons (Fsp3) is 0.933. The highest BCUT2D eigenvalue weighted by Crippen LogP contribution is 2.42. The molecule has 0 saturated carbocycles. The van der Waals surface area contributed by atoms with Crippen molar-refractivity contribution in [1.29, 1.82) is 0 Å². The molecule has 9 fully saturated rings. The quantitative estimate of drug-likeness (QED) is 0.0309. The van der Waals surface area contributed by atoms with Crippen LogP contribution in [0.15, 0.2) is 0 Å². The highest BCUT2D eigenvalue weighted by Gasteiger charge is 2.62. The van der Waals surface area contributed by atoms with Gasteiger partial charge in [-0.3, -0.25) is 18.9 Å². The van der Waals surface area contributed by atoms with Crippen LogP contribution in [-0.2, 0) is 114 Å². The van der Waals surface area contributed by atoms with Gasteiger partial charge in [0.05, 0.1) is 52.4 Å². The van der Waals surface area contributed by atoms with Gasteiger partial charge >= 0.3 is 16.4 Å². The van der Waals surface area contributed by atoms with Gasteiger partial charge in [0.2, 0.25) is 17.7 Å². The molecule has 0 radical (unpaired) electrons. The Morgan fingerprint density at radius 2 is 0.690 bits per heavy atom. The maximum atomic E-state index is 13.1. The molecule has 28 N–H and O–H groups in total. The van der Waals surface area contributed by atoms with Gasteiger partial charge in [0.1, 0.15) is 207 Å². The van der Waals surface area contributed by atoms with E-state index in [1.54, 1.807) is 0 Å². The van der Waals surface area contributed by atoms with Gasteiger partial charge in [0.15, 0.2) is 62.7 Å². The largest absolute Gasteiger partial charge is 0.479 e. The number of carboxylic acids is 1. The molecule has 52 nitrogen and oxygen atoms in total.